The number of allylic oxidation sites excluding steroid dienone is 5. The maximum atomic E-state index is 12.8. The van der Waals surface area contributed by atoms with Crippen LogP contribution in [0.4, 0.5) is 0 Å². The summed E-state index contributed by atoms with van der Waals surface area (Å²) in [6.07, 6.45) is 15.2. The molecule has 0 amide bonds. The molecule has 2 fully saturated rings. The first-order valence-electron chi connectivity index (χ1n) is 13.1. The summed E-state index contributed by atoms with van der Waals surface area (Å²) in [5, 5.41) is 9.15. The molecular weight excluding hydrogens is 408 g/mol. The Hall–Kier alpha value is -1.64. The van der Waals surface area contributed by atoms with E-state index in [0.29, 0.717) is 35.5 Å². The van der Waals surface area contributed by atoms with Crippen molar-refractivity contribution >= 4 is 11.8 Å². The molecule has 1 N–H and O–H groups in total. The summed E-state index contributed by atoms with van der Waals surface area (Å²) >= 11 is 0. The van der Waals surface area contributed by atoms with Crippen molar-refractivity contribution in [3.63, 3.8) is 0 Å². The van der Waals surface area contributed by atoms with Gasteiger partial charge in [0.25, 0.3) is 0 Å². The first kappa shape index (κ1) is 24.5. The number of hydrogen-bond acceptors (Lipinski definition) is 2. The standard InChI is InChI=1S/C30H44O3/c1-19(9-8-10-20(2)26(32)33)21-13-17-30(7)23-11-12-24-27(3,4)25(31)15-16-28(24,5)22(23)14-18-29(21,30)6/h10-11,14,19,21,24H,8-9,12-13,15-18H2,1-7H3,(H,32,33)/t19?,21-,24+,28-,29-,30+/m1/s1. The van der Waals surface area contributed by atoms with Gasteiger partial charge in [0.05, 0.1) is 0 Å². The molecule has 2 saturated carbocycles. The van der Waals surface area contributed by atoms with Crippen LogP contribution in [0.3, 0.4) is 0 Å². The molecule has 182 valence electrons. The molecule has 1 unspecified atom stereocenters. The lowest BCUT2D eigenvalue weighted by Gasteiger charge is -2.59. The number of carbonyl (C=O) groups is 2. The Morgan fingerprint density at radius 3 is 2.52 bits per heavy atom. The van der Waals surface area contributed by atoms with Gasteiger partial charge in [-0.05, 0) is 97.0 Å². The first-order chi connectivity index (χ1) is 15.3. The normalized spacial score (nSPS) is 40.8. The van der Waals surface area contributed by atoms with E-state index in [4.69, 9.17) is 5.11 Å². The number of fused-ring (bicyclic) bond motifs is 5. The smallest absolute Gasteiger partial charge is 0.330 e. The van der Waals surface area contributed by atoms with Gasteiger partial charge in [-0.3, -0.25) is 4.79 Å². The molecule has 3 heteroatoms. The van der Waals surface area contributed by atoms with Crippen molar-refractivity contribution in [3.05, 3.63) is 34.9 Å². The van der Waals surface area contributed by atoms with E-state index in [-0.39, 0.29) is 21.7 Å². The zero-order valence-corrected chi connectivity index (χ0v) is 21.9. The molecule has 0 radical (unpaired) electrons. The third-order valence-corrected chi connectivity index (χ3v) is 11.1. The van der Waals surface area contributed by atoms with Crippen LogP contribution in [-0.4, -0.2) is 16.9 Å². The summed E-state index contributed by atoms with van der Waals surface area (Å²) in [5.41, 5.74) is 3.89. The number of Topliss-reactive ketones (excluding diaryl/α,β-unsaturated/α-hetero) is 1. The molecule has 4 aliphatic carbocycles. The Kier molecular flexibility index (Phi) is 5.90. The lowest BCUT2D eigenvalue weighted by molar-refractivity contribution is -0.138. The minimum absolute atomic E-state index is 0.106. The first-order valence-corrected chi connectivity index (χ1v) is 13.1. The van der Waals surface area contributed by atoms with Crippen molar-refractivity contribution in [2.45, 2.75) is 99.8 Å². The van der Waals surface area contributed by atoms with Gasteiger partial charge in [0.15, 0.2) is 0 Å². The Morgan fingerprint density at radius 1 is 1.15 bits per heavy atom. The summed E-state index contributed by atoms with van der Waals surface area (Å²) in [6.45, 7) is 15.9. The van der Waals surface area contributed by atoms with E-state index in [1.165, 1.54) is 12.8 Å². The van der Waals surface area contributed by atoms with Gasteiger partial charge < -0.3 is 5.11 Å². The van der Waals surface area contributed by atoms with E-state index in [1.807, 2.05) is 6.08 Å². The van der Waals surface area contributed by atoms with Gasteiger partial charge in [-0.1, -0.05) is 59.8 Å². The van der Waals surface area contributed by atoms with Gasteiger partial charge in [0.2, 0.25) is 0 Å². The van der Waals surface area contributed by atoms with Gasteiger partial charge in [0.1, 0.15) is 5.78 Å². The summed E-state index contributed by atoms with van der Waals surface area (Å²) in [6, 6.07) is 0. The van der Waals surface area contributed by atoms with Crippen molar-refractivity contribution in [1.82, 2.24) is 0 Å². The van der Waals surface area contributed by atoms with Gasteiger partial charge in [0, 0.05) is 17.4 Å². The maximum Gasteiger partial charge on any atom is 0.330 e. The van der Waals surface area contributed by atoms with Crippen molar-refractivity contribution < 1.29 is 14.7 Å². The number of rotatable bonds is 5. The van der Waals surface area contributed by atoms with Crippen molar-refractivity contribution in [2.75, 3.05) is 0 Å². The monoisotopic (exact) mass is 452 g/mol. The molecule has 4 rings (SSSR count). The summed E-state index contributed by atoms with van der Waals surface area (Å²) < 4.78 is 0. The molecule has 0 aromatic heterocycles. The van der Waals surface area contributed by atoms with Crippen molar-refractivity contribution in [1.29, 1.82) is 0 Å². The molecule has 0 aromatic carbocycles. The summed E-state index contributed by atoms with van der Waals surface area (Å²) in [7, 11) is 0. The fourth-order valence-electron chi connectivity index (χ4n) is 8.61. The van der Waals surface area contributed by atoms with Gasteiger partial charge in [-0.25, -0.2) is 4.79 Å². The van der Waals surface area contributed by atoms with Crippen LogP contribution in [0, 0.1) is 39.4 Å². The molecule has 0 spiro atoms. The van der Waals surface area contributed by atoms with Crippen molar-refractivity contribution in [3.8, 4) is 0 Å². The molecular formula is C30H44O3. The van der Waals surface area contributed by atoms with Crippen LogP contribution in [0.5, 0.6) is 0 Å². The molecule has 6 atom stereocenters. The van der Waals surface area contributed by atoms with Crippen LogP contribution in [0.1, 0.15) is 99.8 Å². The third-order valence-electron chi connectivity index (χ3n) is 11.1. The second-order valence-electron chi connectivity index (χ2n) is 12.9. The van der Waals surface area contributed by atoms with Gasteiger partial charge in [-0.2, -0.15) is 0 Å². The highest BCUT2D eigenvalue weighted by Gasteiger charge is 2.63. The lowest BCUT2D eigenvalue weighted by atomic mass is 9.44. The molecule has 4 aliphatic rings. The molecule has 0 bridgehead atoms. The molecule has 0 aliphatic heterocycles. The zero-order chi connectivity index (χ0) is 24.4. The van der Waals surface area contributed by atoms with Gasteiger partial charge in [-0.15, -0.1) is 0 Å². The Morgan fingerprint density at radius 2 is 1.85 bits per heavy atom. The topological polar surface area (TPSA) is 54.4 Å². The number of hydrogen-bond donors (Lipinski definition) is 1. The number of ketones is 1. The lowest BCUT2D eigenvalue weighted by Crippen LogP contribution is -2.53. The van der Waals surface area contributed by atoms with Crippen LogP contribution in [0.25, 0.3) is 0 Å². The van der Waals surface area contributed by atoms with E-state index in [9.17, 15) is 9.59 Å². The van der Waals surface area contributed by atoms with Crippen LogP contribution in [-0.2, 0) is 9.59 Å². The number of aliphatic carboxylic acids is 1. The highest BCUT2D eigenvalue weighted by molar-refractivity contribution is 5.86. The van der Waals surface area contributed by atoms with E-state index < -0.39 is 5.97 Å². The van der Waals surface area contributed by atoms with Crippen LogP contribution < -0.4 is 0 Å². The zero-order valence-electron chi connectivity index (χ0n) is 21.9. The van der Waals surface area contributed by atoms with E-state index in [0.717, 1.165) is 32.1 Å². The Labute approximate surface area is 200 Å². The SMILES string of the molecule is CC(=CCCC(C)[C@H]1CC[C@@]2(C)C3=CC[C@H]4C(C)(C)C(=O)CC[C@]4(C)C3=CC[C@]12C)C(=O)O. The van der Waals surface area contributed by atoms with Crippen LogP contribution in [0.15, 0.2) is 34.9 Å². The molecule has 0 saturated heterocycles. The summed E-state index contributed by atoms with van der Waals surface area (Å²) in [4.78, 5) is 23.9. The third kappa shape index (κ3) is 3.43. The average Bonchev–Trinajstić information content (AvgIpc) is 3.02. The Bertz CT molecular complexity index is 950. The minimum atomic E-state index is -0.809. The minimum Gasteiger partial charge on any atom is -0.478 e. The van der Waals surface area contributed by atoms with E-state index >= 15 is 0 Å². The predicted octanol–water partition coefficient (Wildman–Crippen LogP) is 7.53. The molecule has 0 aromatic rings. The highest BCUT2D eigenvalue weighted by Crippen LogP contribution is 2.71. The highest BCUT2D eigenvalue weighted by atomic mass is 16.4. The van der Waals surface area contributed by atoms with Crippen molar-refractivity contribution in [2.24, 2.45) is 39.4 Å². The second-order valence-corrected chi connectivity index (χ2v) is 12.9. The fourth-order valence-corrected chi connectivity index (χ4v) is 8.61. The van der Waals surface area contributed by atoms with E-state index in [1.54, 1.807) is 18.1 Å². The molecule has 3 nitrogen and oxygen atoms in total. The fraction of sp³-hybridized carbons (Fsp3) is 0.733. The quantitative estimate of drug-likeness (QED) is 0.439. The number of carboxylic acids is 1. The molecule has 33 heavy (non-hydrogen) atoms. The number of carbonyl (C=O) groups excluding carboxylic acids is 1. The summed E-state index contributed by atoms with van der Waals surface area (Å²) in [5.74, 6) is 1.25. The number of carboxylic acid groups (broad SMARTS) is 1. The second kappa shape index (κ2) is 7.95. The maximum absolute atomic E-state index is 12.8. The molecule has 0 heterocycles. The average molecular weight is 453 g/mol. The van der Waals surface area contributed by atoms with Crippen LogP contribution >= 0.6 is 0 Å². The van der Waals surface area contributed by atoms with Crippen LogP contribution in [0.2, 0.25) is 0 Å². The van der Waals surface area contributed by atoms with E-state index in [2.05, 4.69) is 53.7 Å². The predicted molar refractivity (Wildman–Crippen MR) is 134 cm³/mol. The van der Waals surface area contributed by atoms with Gasteiger partial charge >= 0.3 is 5.97 Å². The largest absolute Gasteiger partial charge is 0.478 e. The Balaban J connectivity index is 1.62.